The van der Waals surface area contributed by atoms with Gasteiger partial charge < -0.3 is 14.6 Å². The second-order valence-corrected chi connectivity index (χ2v) is 6.53. The fraction of sp³-hybridized carbons (Fsp3) is 0.0909. The van der Waals surface area contributed by atoms with Crippen molar-refractivity contribution in [2.45, 2.75) is 6.92 Å². The summed E-state index contributed by atoms with van der Waals surface area (Å²) in [5, 5.41) is 6.72. The lowest BCUT2D eigenvalue weighted by Gasteiger charge is -2.10. The molecular weight excluding hydrogens is 389 g/mol. The van der Waals surface area contributed by atoms with Crippen LogP contribution in [0.15, 0.2) is 65.2 Å². The molecule has 0 saturated carbocycles. The van der Waals surface area contributed by atoms with E-state index in [1.807, 2.05) is 0 Å². The molecule has 0 unspecified atom stereocenters. The van der Waals surface area contributed by atoms with Gasteiger partial charge in [0.1, 0.15) is 11.6 Å². The molecule has 30 heavy (non-hydrogen) atoms. The van der Waals surface area contributed by atoms with Crippen molar-refractivity contribution >= 4 is 28.6 Å². The zero-order valence-corrected chi connectivity index (χ0v) is 15.9. The Morgan fingerprint density at radius 2 is 1.87 bits per heavy atom. The lowest BCUT2D eigenvalue weighted by Crippen LogP contribution is -2.21. The molecule has 2 aromatic heterocycles. The van der Waals surface area contributed by atoms with Crippen LogP contribution in [0.5, 0.6) is 0 Å². The molecule has 1 N–H and O–H groups in total. The number of aromatic nitrogens is 2. The molecule has 0 fully saturated rings. The Bertz CT molecular complexity index is 1230. The molecular formula is C22H16FN3O4. The number of ether oxygens (including phenoxy) is 1. The highest BCUT2D eigenvalue weighted by molar-refractivity contribution is 6.05. The Kier molecular flexibility index (Phi) is 5.21. The first-order valence-electron chi connectivity index (χ1n) is 9.05. The van der Waals surface area contributed by atoms with Crippen LogP contribution in [0.1, 0.15) is 16.1 Å². The molecule has 0 aliphatic carbocycles. The normalized spacial score (nSPS) is 10.7. The van der Waals surface area contributed by atoms with Crippen molar-refractivity contribution in [3.05, 3.63) is 77.8 Å². The fourth-order valence-electron chi connectivity index (χ4n) is 2.93. The minimum atomic E-state index is -0.677. The van der Waals surface area contributed by atoms with E-state index in [1.165, 1.54) is 12.1 Å². The molecule has 4 aromatic rings. The summed E-state index contributed by atoms with van der Waals surface area (Å²) < 4.78 is 23.3. The number of carbonyl (C=O) groups is 2. The van der Waals surface area contributed by atoms with E-state index in [-0.39, 0.29) is 17.2 Å². The van der Waals surface area contributed by atoms with Crippen LogP contribution in [0.3, 0.4) is 0 Å². The third-order valence-electron chi connectivity index (χ3n) is 4.31. The van der Waals surface area contributed by atoms with E-state index in [0.29, 0.717) is 27.9 Å². The number of para-hydroxylation sites is 1. The van der Waals surface area contributed by atoms with Gasteiger partial charge in [-0.25, -0.2) is 14.2 Å². The number of nitrogens with zero attached hydrogens (tertiary/aromatic N) is 2. The van der Waals surface area contributed by atoms with Crippen molar-refractivity contribution in [1.82, 2.24) is 10.1 Å². The lowest BCUT2D eigenvalue weighted by atomic mass is 10.0. The van der Waals surface area contributed by atoms with Gasteiger partial charge in [0.2, 0.25) is 0 Å². The number of carbonyl (C=O) groups excluding carboxylic acids is 2. The van der Waals surface area contributed by atoms with Gasteiger partial charge >= 0.3 is 5.97 Å². The number of pyridine rings is 1. The van der Waals surface area contributed by atoms with E-state index >= 15 is 0 Å². The number of hydrogen-bond acceptors (Lipinski definition) is 6. The monoisotopic (exact) mass is 405 g/mol. The quantitative estimate of drug-likeness (QED) is 0.502. The van der Waals surface area contributed by atoms with Crippen LogP contribution in [-0.4, -0.2) is 28.6 Å². The Balaban J connectivity index is 1.58. The highest BCUT2D eigenvalue weighted by Crippen LogP contribution is 2.25. The number of rotatable bonds is 5. The summed E-state index contributed by atoms with van der Waals surface area (Å²) in [6.45, 7) is 1.20. The second-order valence-electron chi connectivity index (χ2n) is 6.53. The van der Waals surface area contributed by atoms with E-state index < -0.39 is 18.5 Å². The molecule has 150 valence electrons. The standard InChI is InChI=1S/C22H16FN3O4/c1-13-10-20(26-30-13)25-21(27)12-29-22(28)17-11-19(14-6-8-15(23)9-7-14)24-18-5-3-2-4-16(17)18/h2-11H,12H2,1H3,(H,25,26,27). The van der Waals surface area contributed by atoms with Crippen LogP contribution in [-0.2, 0) is 9.53 Å². The zero-order chi connectivity index (χ0) is 21.1. The number of aryl methyl sites for hydroxylation is 1. The molecule has 1 amide bonds. The summed E-state index contributed by atoms with van der Waals surface area (Å²) in [4.78, 5) is 29.3. The first kappa shape index (κ1) is 19.3. The summed E-state index contributed by atoms with van der Waals surface area (Å²) in [5.41, 5.74) is 1.97. The van der Waals surface area contributed by atoms with Crippen molar-refractivity contribution in [2.24, 2.45) is 0 Å². The minimum Gasteiger partial charge on any atom is -0.452 e. The van der Waals surface area contributed by atoms with Crippen LogP contribution in [0.25, 0.3) is 22.2 Å². The highest BCUT2D eigenvalue weighted by Gasteiger charge is 2.17. The average Bonchev–Trinajstić information content (AvgIpc) is 3.16. The van der Waals surface area contributed by atoms with Crippen LogP contribution < -0.4 is 5.32 Å². The maximum absolute atomic E-state index is 13.3. The van der Waals surface area contributed by atoms with Gasteiger partial charge in [-0.15, -0.1) is 0 Å². The highest BCUT2D eigenvalue weighted by atomic mass is 19.1. The third-order valence-corrected chi connectivity index (χ3v) is 4.31. The number of benzene rings is 2. The zero-order valence-electron chi connectivity index (χ0n) is 15.9. The fourth-order valence-corrected chi connectivity index (χ4v) is 2.93. The van der Waals surface area contributed by atoms with Crippen molar-refractivity contribution < 1.29 is 23.2 Å². The number of amides is 1. The van der Waals surface area contributed by atoms with Gasteiger partial charge in [0, 0.05) is 17.0 Å². The maximum Gasteiger partial charge on any atom is 0.339 e. The Morgan fingerprint density at radius 3 is 2.60 bits per heavy atom. The summed E-state index contributed by atoms with van der Waals surface area (Å²) >= 11 is 0. The first-order chi connectivity index (χ1) is 14.5. The van der Waals surface area contributed by atoms with Gasteiger partial charge in [-0.2, -0.15) is 0 Å². The van der Waals surface area contributed by atoms with Gasteiger partial charge in [-0.3, -0.25) is 4.79 Å². The molecule has 4 rings (SSSR count). The van der Waals surface area contributed by atoms with Gasteiger partial charge in [0.25, 0.3) is 5.91 Å². The van der Waals surface area contributed by atoms with E-state index in [9.17, 15) is 14.0 Å². The lowest BCUT2D eigenvalue weighted by molar-refractivity contribution is -0.119. The topological polar surface area (TPSA) is 94.3 Å². The first-order valence-corrected chi connectivity index (χ1v) is 9.05. The molecule has 0 atom stereocenters. The van der Waals surface area contributed by atoms with Gasteiger partial charge in [0.15, 0.2) is 12.4 Å². The Labute approximate surface area is 170 Å². The van der Waals surface area contributed by atoms with E-state index in [2.05, 4.69) is 15.5 Å². The van der Waals surface area contributed by atoms with Gasteiger partial charge in [-0.05, 0) is 43.3 Å². The van der Waals surface area contributed by atoms with E-state index in [0.717, 1.165) is 0 Å². The molecule has 2 heterocycles. The number of fused-ring (bicyclic) bond motifs is 1. The maximum atomic E-state index is 13.3. The number of hydrogen-bond donors (Lipinski definition) is 1. The number of esters is 1. The molecule has 7 nitrogen and oxygen atoms in total. The van der Waals surface area contributed by atoms with Crippen LogP contribution in [0, 0.1) is 12.7 Å². The average molecular weight is 405 g/mol. The molecule has 0 bridgehead atoms. The Hall–Kier alpha value is -4.07. The van der Waals surface area contributed by atoms with Crippen LogP contribution in [0.2, 0.25) is 0 Å². The molecule has 0 aliphatic heterocycles. The summed E-state index contributed by atoms with van der Waals surface area (Å²) in [6.07, 6.45) is 0. The predicted molar refractivity (Wildman–Crippen MR) is 107 cm³/mol. The SMILES string of the molecule is Cc1cc(NC(=O)COC(=O)c2cc(-c3ccc(F)cc3)nc3ccccc23)no1. The number of anilines is 1. The van der Waals surface area contributed by atoms with E-state index in [4.69, 9.17) is 9.26 Å². The number of halogens is 1. The van der Waals surface area contributed by atoms with Gasteiger partial charge in [0.05, 0.1) is 16.8 Å². The summed E-state index contributed by atoms with van der Waals surface area (Å²) in [6, 6.07) is 16.0. The smallest absolute Gasteiger partial charge is 0.339 e. The van der Waals surface area contributed by atoms with Crippen LogP contribution in [0.4, 0.5) is 10.2 Å². The summed E-state index contributed by atoms with van der Waals surface area (Å²) in [7, 11) is 0. The van der Waals surface area contributed by atoms with Crippen molar-refractivity contribution in [1.29, 1.82) is 0 Å². The molecule has 0 spiro atoms. The largest absolute Gasteiger partial charge is 0.452 e. The van der Waals surface area contributed by atoms with Crippen molar-refractivity contribution in [3.8, 4) is 11.3 Å². The molecule has 0 radical (unpaired) electrons. The van der Waals surface area contributed by atoms with E-state index in [1.54, 1.807) is 55.5 Å². The van der Waals surface area contributed by atoms with Gasteiger partial charge in [-0.1, -0.05) is 23.4 Å². The number of nitrogens with one attached hydrogen (secondary N) is 1. The van der Waals surface area contributed by atoms with Crippen molar-refractivity contribution in [3.63, 3.8) is 0 Å². The second kappa shape index (κ2) is 8.12. The molecule has 0 saturated heterocycles. The molecule has 2 aromatic carbocycles. The van der Waals surface area contributed by atoms with Crippen molar-refractivity contribution in [2.75, 3.05) is 11.9 Å². The summed E-state index contributed by atoms with van der Waals surface area (Å²) in [5.74, 6) is -0.815. The molecule has 0 aliphatic rings. The van der Waals surface area contributed by atoms with Crippen LogP contribution >= 0.6 is 0 Å². The Morgan fingerprint density at radius 1 is 1.10 bits per heavy atom. The molecule has 8 heteroatoms. The minimum absolute atomic E-state index is 0.238. The predicted octanol–water partition coefficient (Wildman–Crippen LogP) is 4.13. The third kappa shape index (κ3) is 4.17.